The average molecular weight is 298 g/mol. The van der Waals surface area contributed by atoms with Crippen LogP contribution in [0, 0.1) is 0 Å². The second-order valence-corrected chi connectivity index (χ2v) is 6.27. The van der Waals surface area contributed by atoms with E-state index in [9.17, 15) is 4.79 Å². The van der Waals surface area contributed by atoms with Crippen LogP contribution in [0.2, 0.25) is 0 Å². The Hall–Kier alpha value is -1.14. The monoisotopic (exact) mass is 298 g/mol. The van der Waals surface area contributed by atoms with Crippen LogP contribution in [0.4, 0.5) is 5.13 Å². The van der Waals surface area contributed by atoms with E-state index in [1.54, 1.807) is 0 Å². The predicted molar refractivity (Wildman–Crippen MR) is 79.2 cm³/mol. The standard InChI is InChI=1S/C14H22N2O3S/c1-4-19-12(17)14(2,3)11-9-20-13(16-11)15-10-5-7-18-8-6-10/h9-10H,4-8H2,1-3H3,(H,15,16). The van der Waals surface area contributed by atoms with E-state index in [0.29, 0.717) is 12.6 Å². The molecule has 20 heavy (non-hydrogen) atoms. The number of aromatic nitrogens is 1. The van der Waals surface area contributed by atoms with Gasteiger partial charge in [0.2, 0.25) is 0 Å². The molecule has 0 aliphatic carbocycles. The maximum atomic E-state index is 12.0. The molecule has 1 N–H and O–H groups in total. The van der Waals surface area contributed by atoms with Gasteiger partial charge in [0.05, 0.1) is 12.3 Å². The van der Waals surface area contributed by atoms with Gasteiger partial charge >= 0.3 is 5.97 Å². The van der Waals surface area contributed by atoms with Gasteiger partial charge in [-0.1, -0.05) is 0 Å². The summed E-state index contributed by atoms with van der Waals surface area (Å²) >= 11 is 1.53. The molecule has 1 aliphatic rings. The quantitative estimate of drug-likeness (QED) is 0.847. The predicted octanol–water partition coefficient (Wildman–Crippen LogP) is 2.57. The number of nitrogens with zero attached hydrogens (tertiary/aromatic N) is 1. The number of rotatable bonds is 5. The second kappa shape index (κ2) is 6.54. The highest BCUT2D eigenvalue weighted by atomic mass is 32.1. The average Bonchev–Trinajstić information content (AvgIpc) is 2.89. The Bertz CT molecular complexity index is 453. The minimum atomic E-state index is -0.706. The molecule has 1 aromatic heterocycles. The minimum Gasteiger partial charge on any atom is -0.465 e. The van der Waals surface area contributed by atoms with Crippen molar-refractivity contribution in [1.82, 2.24) is 4.98 Å². The fourth-order valence-electron chi connectivity index (χ4n) is 2.06. The lowest BCUT2D eigenvalue weighted by molar-refractivity contribution is -0.148. The Morgan fingerprint density at radius 1 is 1.55 bits per heavy atom. The molecule has 2 rings (SSSR count). The van der Waals surface area contributed by atoms with Crippen molar-refractivity contribution < 1.29 is 14.3 Å². The van der Waals surface area contributed by atoms with E-state index in [4.69, 9.17) is 9.47 Å². The van der Waals surface area contributed by atoms with Gasteiger partial charge in [-0.15, -0.1) is 11.3 Å². The highest BCUT2D eigenvalue weighted by molar-refractivity contribution is 7.13. The minimum absolute atomic E-state index is 0.233. The first-order valence-corrected chi connectivity index (χ1v) is 7.89. The summed E-state index contributed by atoms with van der Waals surface area (Å²) in [5, 5.41) is 6.21. The number of hydrogen-bond acceptors (Lipinski definition) is 6. The number of anilines is 1. The summed E-state index contributed by atoms with van der Waals surface area (Å²) in [6, 6.07) is 0.411. The lowest BCUT2D eigenvalue weighted by Crippen LogP contribution is -2.32. The van der Waals surface area contributed by atoms with Crippen LogP contribution in [-0.2, 0) is 19.7 Å². The molecule has 1 aromatic rings. The number of nitrogens with one attached hydrogen (secondary N) is 1. The molecule has 0 radical (unpaired) electrons. The summed E-state index contributed by atoms with van der Waals surface area (Å²) in [5.74, 6) is -0.233. The van der Waals surface area contributed by atoms with Crippen molar-refractivity contribution in [3.8, 4) is 0 Å². The lowest BCUT2D eigenvalue weighted by atomic mass is 9.90. The number of ether oxygens (including phenoxy) is 2. The smallest absolute Gasteiger partial charge is 0.317 e. The van der Waals surface area contributed by atoms with Crippen LogP contribution in [0.3, 0.4) is 0 Å². The topological polar surface area (TPSA) is 60.5 Å². The molecule has 0 spiro atoms. The molecule has 1 fully saturated rings. The van der Waals surface area contributed by atoms with E-state index in [-0.39, 0.29) is 5.97 Å². The fraction of sp³-hybridized carbons (Fsp3) is 0.714. The molecule has 0 atom stereocenters. The molecule has 0 bridgehead atoms. The molecule has 5 nitrogen and oxygen atoms in total. The molecule has 112 valence electrons. The number of carbonyl (C=O) groups is 1. The van der Waals surface area contributed by atoms with Crippen LogP contribution in [0.15, 0.2) is 5.38 Å². The summed E-state index contributed by atoms with van der Waals surface area (Å²) in [7, 11) is 0. The van der Waals surface area contributed by atoms with E-state index in [0.717, 1.165) is 36.9 Å². The number of hydrogen-bond donors (Lipinski definition) is 1. The number of thiazole rings is 1. The number of esters is 1. The van der Waals surface area contributed by atoms with Crippen LogP contribution in [0.5, 0.6) is 0 Å². The third-order valence-electron chi connectivity index (χ3n) is 3.48. The van der Waals surface area contributed by atoms with Crippen molar-refractivity contribution in [3.63, 3.8) is 0 Å². The molecule has 1 aliphatic heterocycles. The van der Waals surface area contributed by atoms with Crippen LogP contribution in [0.1, 0.15) is 39.3 Å². The van der Waals surface area contributed by atoms with Crippen molar-refractivity contribution in [1.29, 1.82) is 0 Å². The maximum Gasteiger partial charge on any atom is 0.317 e. The lowest BCUT2D eigenvalue weighted by Gasteiger charge is -2.23. The molecule has 2 heterocycles. The van der Waals surface area contributed by atoms with Crippen LogP contribution < -0.4 is 5.32 Å². The Balaban J connectivity index is 2.02. The zero-order valence-corrected chi connectivity index (χ0v) is 13.1. The molecule has 1 saturated heterocycles. The van der Waals surface area contributed by atoms with Gasteiger partial charge in [0.25, 0.3) is 0 Å². The van der Waals surface area contributed by atoms with Crippen molar-refractivity contribution in [3.05, 3.63) is 11.1 Å². The Morgan fingerprint density at radius 3 is 2.90 bits per heavy atom. The van der Waals surface area contributed by atoms with Gasteiger partial charge in [-0.05, 0) is 33.6 Å². The van der Waals surface area contributed by atoms with Gasteiger partial charge in [0.15, 0.2) is 5.13 Å². The van der Waals surface area contributed by atoms with E-state index < -0.39 is 5.41 Å². The first-order chi connectivity index (χ1) is 9.54. The molecule has 0 aromatic carbocycles. The van der Waals surface area contributed by atoms with E-state index in [1.807, 2.05) is 26.2 Å². The zero-order valence-electron chi connectivity index (χ0n) is 12.3. The molecule has 0 saturated carbocycles. The van der Waals surface area contributed by atoms with Crippen LogP contribution >= 0.6 is 11.3 Å². The Labute approximate surface area is 123 Å². The molecule has 0 unspecified atom stereocenters. The third kappa shape index (κ3) is 3.49. The molecular formula is C14H22N2O3S. The summed E-state index contributed by atoms with van der Waals surface area (Å²) in [6.45, 7) is 7.48. The SMILES string of the molecule is CCOC(=O)C(C)(C)c1csc(NC2CCOCC2)n1. The zero-order chi connectivity index (χ0) is 14.6. The maximum absolute atomic E-state index is 12.0. The van der Waals surface area contributed by atoms with Crippen LogP contribution in [0.25, 0.3) is 0 Å². The van der Waals surface area contributed by atoms with E-state index in [1.165, 1.54) is 11.3 Å². The summed E-state index contributed by atoms with van der Waals surface area (Å²) in [5.41, 5.74) is 0.0535. The highest BCUT2D eigenvalue weighted by Gasteiger charge is 2.34. The van der Waals surface area contributed by atoms with Crippen molar-refractivity contribution >= 4 is 22.4 Å². The van der Waals surface area contributed by atoms with Crippen LogP contribution in [-0.4, -0.2) is 36.8 Å². The van der Waals surface area contributed by atoms with E-state index >= 15 is 0 Å². The molecular weight excluding hydrogens is 276 g/mol. The van der Waals surface area contributed by atoms with E-state index in [2.05, 4.69) is 10.3 Å². The largest absolute Gasteiger partial charge is 0.465 e. The first-order valence-electron chi connectivity index (χ1n) is 7.01. The summed E-state index contributed by atoms with van der Waals surface area (Å²) in [4.78, 5) is 16.5. The van der Waals surface area contributed by atoms with Gasteiger partial charge in [-0.25, -0.2) is 4.98 Å². The summed E-state index contributed by atoms with van der Waals surface area (Å²) in [6.07, 6.45) is 1.99. The first kappa shape index (κ1) is 15.3. The van der Waals surface area contributed by atoms with Gasteiger partial charge in [0.1, 0.15) is 5.41 Å². The van der Waals surface area contributed by atoms with Gasteiger partial charge in [0, 0.05) is 24.6 Å². The van der Waals surface area contributed by atoms with Crippen molar-refractivity contribution in [2.75, 3.05) is 25.1 Å². The van der Waals surface area contributed by atoms with Crippen molar-refractivity contribution in [2.45, 2.75) is 45.1 Å². The van der Waals surface area contributed by atoms with Gasteiger partial charge in [-0.2, -0.15) is 0 Å². The highest BCUT2D eigenvalue weighted by Crippen LogP contribution is 2.29. The Morgan fingerprint density at radius 2 is 2.25 bits per heavy atom. The fourth-order valence-corrected chi connectivity index (χ4v) is 3.02. The normalized spacial score (nSPS) is 16.9. The Kier molecular flexibility index (Phi) is 4.99. The molecule has 6 heteroatoms. The second-order valence-electron chi connectivity index (χ2n) is 5.41. The van der Waals surface area contributed by atoms with Crippen molar-refractivity contribution in [2.24, 2.45) is 0 Å². The number of carbonyl (C=O) groups excluding carboxylic acids is 1. The summed E-state index contributed by atoms with van der Waals surface area (Å²) < 4.78 is 10.4. The third-order valence-corrected chi connectivity index (χ3v) is 4.25. The van der Waals surface area contributed by atoms with Gasteiger partial charge in [-0.3, -0.25) is 4.79 Å². The van der Waals surface area contributed by atoms with Gasteiger partial charge < -0.3 is 14.8 Å². The molecule has 0 amide bonds.